The number of nitriles is 2. The van der Waals surface area contributed by atoms with E-state index in [9.17, 15) is 19.3 Å². The molecular formula is C29H17F2N3O. The number of hydrogen-bond acceptors (Lipinski definition) is 3. The van der Waals surface area contributed by atoms with E-state index in [0.29, 0.717) is 5.56 Å². The molecule has 5 rings (SSSR count). The zero-order valence-electron chi connectivity index (χ0n) is 18.6. The molecule has 0 N–H and O–H groups in total. The van der Waals surface area contributed by atoms with Gasteiger partial charge in [0.25, 0.3) is 0 Å². The molecule has 35 heavy (non-hydrogen) atoms. The van der Waals surface area contributed by atoms with Crippen molar-refractivity contribution >= 4 is 33.0 Å². The van der Waals surface area contributed by atoms with E-state index < -0.39 is 11.6 Å². The highest BCUT2D eigenvalue weighted by Crippen LogP contribution is 2.35. The van der Waals surface area contributed by atoms with E-state index in [0.717, 1.165) is 51.4 Å². The molecule has 6 heteroatoms. The normalized spacial score (nSPS) is 11.7. The average molecular weight is 461 g/mol. The molecule has 0 saturated carbocycles. The number of fused-ring (bicyclic) bond motifs is 3. The molecule has 4 nitrogen and oxygen atoms in total. The summed E-state index contributed by atoms with van der Waals surface area (Å²) in [5.41, 5.74) is 3.27. The van der Waals surface area contributed by atoms with E-state index in [4.69, 9.17) is 4.74 Å². The minimum atomic E-state index is -0.817. The summed E-state index contributed by atoms with van der Waals surface area (Å²) in [4.78, 5) is 0. The number of benzene rings is 4. The lowest BCUT2D eigenvalue weighted by Gasteiger charge is -2.09. The average Bonchev–Trinajstić information content (AvgIpc) is 3.20. The van der Waals surface area contributed by atoms with E-state index in [2.05, 4.69) is 10.6 Å². The van der Waals surface area contributed by atoms with E-state index in [1.165, 1.54) is 0 Å². The molecule has 0 bridgehead atoms. The number of methoxy groups -OCH3 is 1. The van der Waals surface area contributed by atoms with Gasteiger partial charge in [-0.1, -0.05) is 24.3 Å². The molecule has 0 saturated heterocycles. The summed E-state index contributed by atoms with van der Waals surface area (Å²) in [7, 11) is 1.62. The van der Waals surface area contributed by atoms with Gasteiger partial charge in [-0.2, -0.15) is 10.5 Å². The Morgan fingerprint density at radius 2 is 1.34 bits per heavy atom. The van der Waals surface area contributed by atoms with Crippen LogP contribution in [0.5, 0.6) is 5.75 Å². The highest BCUT2D eigenvalue weighted by Gasteiger charge is 2.17. The Labute approximate surface area is 200 Å². The van der Waals surface area contributed by atoms with Crippen LogP contribution >= 0.6 is 0 Å². The Hall–Kier alpha value is -4.94. The zero-order valence-corrected chi connectivity index (χ0v) is 18.6. The monoisotopic (exact) mass is 461 g/mol. The number of rotatable bonds is 4. The van der Waals surface area contributed by atoms with Gasteiger partial charge in [-0.25, -0.2) is 8.78 Å². The summed E-state index contributed by atoms with van der Waals surface area (Å²) < 4.78 is 35.0. The van der Waals surface area contributed by atoms with E-state index in [1.54, 1.807) is 13.2 Å². The highest BCUT2D eigenvalue weighted by molar-refractivity contribution is 6.12. The van der Waals surface area contributed by atoms with Crippen LogP contribution in [-0.4, -0.2) is 11.7 Å². The fourth-order valence-electron chi connectivity index (χ4n) is 4.37. The Morgan fingerprint density at radius 3 is 2.00 bits per heavy atom. The molecule has 4 aromatic carbocycles. The molecule has 0 aliphatic rings. The van der Waals surface area contributed by atoms with Crippen molar-refractivity contribution in [1.29, 1.82) is 10.5 Å². The molecule has 0 aliphatic heterocycles. The molecule has 0 unspecified atom stereocenters. The van der Waals surface area contributed by atoms with Gasteiger partial charge in [-0.05, 0) is 65.7 Å². The summed E-state index contributed by atoms with van der Waals surface area (Å²) in [6.07, 6.45) is 0. The van der Waals surface area contributed by atoms with Crippen LogP contribution in [0.15, 0.2) is 84.9 Å². The lowest BCUT2D eigenvalue weighted by molar-refractivity contribution is 0.415. The fourth-order valence-corrected chi connectivity index (χ4v) is 4.37. The Kier molecular flexibility index (Phi) is 5.49. The van der Waals surface area contributed by atoms with Crippen LogP contribution in [0.4, 0.5) is 8.78 Å². The van der Waals surface area contributed by atoms with Crippen molar-refractivity contribution in [1.82, 2.24) is 4.57 Å². The van der Waals surface area contributed by atoms with E-state index in [1.807, 2.05) is 66.7 Å². The second-order valence-corrected chi connectivity index (χ2v) is 7.91. The van der Waals surface area contributed by atoms with Crippen molar-refractivity contribution in [2.45, 2.75) is 0 Å². The Balaban J connectivity index is 1.76. The fraction of sp³-hybridized carbons (Fsp3) is 0.0345. The maximum Gasteiger partial charge on any atom is 0.126 e. The third-order valence-electron chi connectivity index (χ3n) is 5.92. The van der Waals surface area contributed by atoms with Gasteiger partial charge < -0.3 is 9.30 Å². The lowest BCUT2D eigenvalue weighted by Crippen LogP contribution is -1.95. The molecule has 0 fully saturated rings. The number of aromatic nitrogens is 1. The van der Waals surface area contributed by atoms with Crippen LogP contribution < -0.4 is 4.74 Å². The lowest BCUT2D eigenvalue weighted by atomic mass is 9.95. The number of hydrogen-bond donors (Lipinski definition) is 0. The van der Waals surface area contributed by atoms with E-state index in [-0.39, 0.29) is 16.7 Å². The first kappa shape index (κ1) is 21.9. The van der Waals surface area contributed by atoms with E-state index >= 15 is 0 Å². The van der Waals surface area contributed by atoms with Crippen LogP contribution in [0.2, 0.25) is 0 Å². The highest BCUT2D eigenvalue weighted by atomic mass is 19.1. The summed E-state index contributed by atoms with van der Waals surface area (Å²) in [5.74, 6) is -0.885. The van der Waals surface area contributed by atoms with Crippen LogP contribution in [0.25, 0.3) is 38.6 Å². The first-order valence-electron chi connectivity index (χ1n) is 10.7. The Morgan fingerprint density at radius 1 is 0.714 bits per heavy atom. The molecule has 5 aromatic rings. The van der Waals surface area contributed by atoms with Gasteiger partial charge in [0.2, 0.25) is 0 Å². The third kappa shape index (κ3) is 3.78. The molecular weight excluding hydrogens is 444 g/mol. The van der Waals surface area contributed by atoms with Gasteiger partial charge >= 0.3 is 0 Å². The van der Waals surface area contributed by atoms with Gasteiger partial charge in [0, 0.05) is 22.5 Å². The van der Waals surface area contributed by atoms with Crippen molar-refractivity contribution in [3.05, 3.63) is 108 Å². The maximum absolute atomic E-state index is 13.8. The molecule has 1 heterocycles. The van der Waals surface area contributed by atoms with Crippen molar-refractivity contribution in [2.75, 3.05) is 7.11 Å². The zero-order chi connectivity index (χ0) is 24.5. The minimum absolute atomic E-state index is 0.0160. The van der Waals surface area contributed by atoms with Gasteiger partial charge in [0.15, 0.2) is 0 Å². The van der Waals surface area contributed by atoms with Crippen LogP contribution in [-0.2, 0) is 0 Å². The number of halogens is 2. The summed E-state index contributed by atoms with van der Waals surface area (Å²) in [6.45, 7) is 0. The number of nitrogens with zero attached hydrogens (tertiary/aromatic N) is 3. The quantitative estimate of drug-likeness (QED) is 0.213. The summed E-state index contributed by atoms with van der Waals surface area (Å²) >= 11 is 0. The number of allylic oxidation sites excluding steroid dienone is 2. The van der Waals surface area contributed by atoms with Gasteiger partial charge in [0.1, 0.15) is 29.5 Å². The van der Waals surface area contributed by atoms with Crippen molar-refractivity contribution in [3.63, 3.8) is 0 Å². The molecule has 0 aliphatic carbocycles. The standard InChI is InChI=1S/C29H17F2N3O/c1-35-23-9-7-22(8-10-23)34-28-5-3-2-4-24(28)25-14-18(6-11-29(25)34)26(16-32)27(17-33)19-12-20(30)15-21(31)13-19/h2-15H,1H3/b27-26+. The topological polar surface area (TPSA) is 61.7 Å². The van der Waals surface area contributed by atoms with Crippen LogP contribution in [0, 0.1) is 34.3 Å². The van der Waals surface area contributed by atoms with Gasteiger partial charge in [-0.15, -0.1) is 0 Å². The molecule has 0 spiro atoms. The van der Waals surface area contributed by atoms with Crippen LogP contribution in [0.1, 0.15) is 11.1 Å². The first-order valence-corrected chi connectivity index (χ1v) is 10.7. The minimum Gasteiger partial charge on any atom is -0.497 e. The van der Waals surface area contributed by atoms with Crippen molar-refractivity contribution < 1.29 is 13.5 Å². The predicted octanol–water partition coefficient (Wildman–Crippen LogP) is 7.03. The SMILES string of the molecule is COc1ccc(-n2c3ccccc3c3cc(/C(C#N)=C(\C#N)c4cc(F)cc(F)c4)ccc32)cc1. The van der Waals surface area contributed by atoms with Crippen LogP contribution in [0.3, 0.4) is 0 Å². The van der Waals surface area contributed by atoms with Crippen molar-refractivity contribution in [3.8, 4) is 23.6 Å². The van der Waals surface area contributed by atoms with Crippen molar-refractivity contribution in [2.24, 2.45) is 0 Å². The largest absolute Gasteiger partial charge is 0.497 e. The molecule has 0 amide bonds. The molecule has 0 atom stereocenters. The maximum atomic E-state index is 13.8. The molecule has 0 radical (unpaired) electrons. The first-order chi connectivity index (χ1) is 17.0. The number of para-hydroxylation sites is 1. The molecule has 1 aromatic heterocycles. The molecule has 168 valence electrons. The van der Waals surface area contributed by atoms with Gasteiger partial charge in [-0.3, -0.25) is 0 Å². The third-order valence-corrected chi connectivity index (χ3v) is 5.92. The smallest absolute Gasteiger partial charge is 0.126 e. The Bertz CT molecular complexity index is 1700. The van der Waals surface area contributed by atoms with Gasteiger partial charge in [0.05, 0.1) is 29.3 Å². The predicted molar refractivity (Wildman–Crippen MR) is 132 cm³/mol. The summed E-state index contributed by atoms with van der Waals surface area (Å²) in [5, 5.41) is 21.6. The second kappa shape index (κ2) is 8.78. The summed E-state index contributed by atoms with van der Waals surface area (Å²) in [6, 6.07) is 27.9. The second-order valence-electron chi connectivity index (χ2n) is 7.91. The number of ether oxygens (including phenoxy) is 1.